The first-order chi connectivity index (χ1) is 15.8. The molecule has 3 N–H and O–H groups in total. The first-order valence-electron chi connectivity index (χ1n) is 15.2. The van der Waals surface area contributed by atoms with E-state index in [2.05, 4.69) is 12.2 Å². The Morgan fingerprint density at radius 3 is 1.66 bits per heavy atom. The lowest BCUT2D eigenvalue weighted by atomic mass is 9.68. The second kappa shape index (κ2) is 15.8. The lowest BCUT2D eigenvalue weighted by Crippen LogP contribution is -2.47. The van der Waals surface area contributed by atoms with Crippen molar-refractivity contribution in [2.45, 2.75) is 160 Å². The van der Waals surface area contributed by atoms with Crippen molar-refractivity contribution in [2.75, 3.05) is 6.54 Å². The van der Waals surface area contributed by atoms with Gasteiger partial charge < -0.3 is 11.1 Å². The third-order valence-corrected chi connectivity index (χ3v) is 9.66. The van der Waals surface area contributed by atoms with E-state index in [1.165, 1.54) is 141 Å². The Labute approximate surface area is 201 Å². The predicted octanol–water partition coefficient (Wildman–Crippen LogP) is 8.38. The largest absolute Gasteiger partial charge is 0.330 e. The molecule has 3 fully saturated rings. The molecule has 3 saturated carbocycles. The van der Waals surface area contributed by atoms with Crippen LogP contribution < -0.4 is 11.1 Å². The summed E-state index contributed by atoms with van der Waals surface area (Å²) in [7, 11) is 0. The third-order valence-electron chi connectivity index (χ3n) is 9.66. The number of rotatable bonds is 4. The van der Waals surface area contributed by atoms with Crippen molar-refractivity contribution in [3.63, 3.8) is 0 Å². The van der Waals surface area contributed by atoms with Gasteiger partial charge in [0, 0.05) is 12.1 Å². The van der Waals surface area contributed by atoms with Crippen molar-refractivity contribution in [1.82, 2.24) is 5.32 Å². The van der Waals surface area contributed by atoms with Crippen molar-refractivity contribution in [3.05, 3.63) is 0 Å². The van der Waals surface area contributed by atoms with Gasteiger partial charge in [-0.3, -0.25) is 0 Å². The van der Waals surface area contributed by atoms with E-state index in [-0.39, 0.29) is 0 Å². The van der Waals surface area contributed by atoms with Gasteiger partial charge in [0.15, 0.2) is 0 Å². The summed E-state index contributed by atoms with van der Waals surface area (Å²) in [5.41, 5.74) is 6.45. The van der Waals surface area contributed by atoms with E-state index in [0.717, 1.165) is 42.3 Å². The van der Waals surface area contributed by atoms with Gasteiger partial charge >= 0.3 is 0 Å². The van der Waals surface area contributed by atoms with Crippen molar-refractivity contribution >= 4 is 0 Å². The Morgan fingerprint density at radius 1 is 0.594 bits per heavy atom. The zero-order chi connectivity index (χ0) is 22.4. The Bertz CT molecular complexity index is 452. The summed E-state index contributed by atoms with van der Waals surface area (Å²) in [6.45, 7) is 3.45. The number of hydrogen-bond donors (Lipinski definition) is 2. The van der Waals surface area contributed by atoms with Crippen molar-refractivity contribution < 1.29 is 0 Å². The predicted molar refractivity (Wildman–Crippen MR) is 141 cm³/mol. The smallest absolute Gasteiger partial charge is 0.00952 e. The van der Waals surface area contributed by atoms with Crippen LogP contribution in [0.2, 0.25) is 0 Å². The average Bonchev–Trinajstić information content (AvgIpc) is 2.90. The lowest BCUT2D eigenvalue weighted by molar-refractivity contribution is 0.115. The Balaban J connectivity index is 1.53. The molecule has 0 aliphatic heterocycles. The van der Waals surface area contributed by atoms with Crippen LogP contribution in [0.3, 0.4) is 0 Å². The van der Waals surface area contributed by atoms with Crippen LogP contribution in [0.5, 0.6) is 0 Å². The maximum atomic E-state index is 6.45. The van der Waals surface area contributed by atoms with E-state index in [4.69, 9.17) is 5.73 Å². The number of nitrogens with one attached hydrogen (secondary N) is 1. The van der Waals surface area contributed by atoms with Crippen LogP contribution in [0, 0.1) is 23.7 Å². The minimum atomic E-state index is 0.722. The SMILES string of the molecule is CC1CCCCCCCCCC1NC1CCC(C2CCCCCCCCCC2)C(CN)C1. The molecule has 3 rings (SSSR count). The molecule has 2 heteroatoms. The van der Waals surface area contributed by atoms with E-state index in [0.29, 0.717) is 0 Å². The van der Waals surface area contributed by atoms with Crippen LogP contribution in [0.15, 0.2) is 0 Å². The fourth-order valence-corrected chi connectivity index (χ4v) is 7.53. The molecular weight excluding hydrogens is 388 g/mol. The molecule has 0 amide bonds. The fraction of sp³-hybridized carbons (Fsp3) is 1.00. The van der Waals surface area contributed by atoms with Gasteiger partial charge in [0.05, 0.1) is 0 Å². The van der Waals surface area contributed by atoms with Gasteiger partial charge in [0.2, 0.25) is 0 Å². The Hall–Kier alpha value is -0.0800. The topological polar surface area (TPSA) is 38.0 Å². The van der Waals surface area contributed by atoms with Crippen LogP contribution in [-0.2, 0) is 0 Å². The first-order valence-corrected chi connectivity index (χ1v) is 15.2. The molecule has 3 aliphatic rings. The van der Waals surface area contributed by atoms with Crippen LogP contribution in [0.25, 0.3) is 0 Å². The third kappa shape index (κ3) is 9.28. The monoisotopic (exact) mass is 446 g/mol. The summed E-state index contributed by atoms with van der Waals surface area (Å²) in [4.78, 5) is 0. The van der Waals surface area contributed by atoms with E-state index in [1.54, 1.807) is 0 Å². The number of hydrogen-bond acceptors (Lipinski definition) is 2. The summed E-state index contributed by atoms with van der Waals surface area (Å²) in [5, 5.41) is 4.23. The van der Waals surface area contributed by atoms with Gasteiger partial charge in [0.1, 0.15) is 0 Å². The highest BCUT2D eigenvalue weighted by Crippen LogP contribution is 2.40. The zero-order valence-electron chi connectivity index (χ0n) is 21.8. The molecule has 0 aromatic rings. The van der Waals surface area contributed by atoms with E-state index >= 15 is 0 Å². The summed E-state index contributed by atoms with van der Waals surface area (Å²) >= 11 is 0. The molecular formula is C30H58N2. The summed E-state index contributed by atoms with van der Waals surface area (Å²) in [5.74, 6) is 3.46. The average molecular weight is 447 g/mol. The molecule has 2 nitrogen and oxygen atoms in total. The highest BCUT2D eigenvalue weighted by Gasteiger charge is 2.35. The van der Waals surface area contributed by atoms with Gasteiger partial charge in [-0.15, -0.1) is 0 Å². The molecule has 0 aromatic heterocycles. The first kappa shape index (κ1) is 26.5. The molecule has 32 heavy (non-hydrogen) atoms. The normalized spacial score (nSPS) is 36.0. The standard InChI is InChI=1S/C30H58N2/c1-25-17-13-9-5-4-8-12-16-20-30(25)32-28-21-22-29(27(23-28)24-31)26-18-14-10-6-2-3-7-11-15-19-26/h25-30,32H,2-24,31H2,1H3. The molecule has 0 bridgehead atoms. The van der Waals surface area contributed by atoms with Crippen LogP contribution in [-0.4, -0.2) is 18.6 Å². The van der Waals surface area contributed by atoms with Crippen molar-refractivity contribution in [1.29, 1.82) is 0 Å². The minimum Gasteiger partial charge on any atom is -0.330 e. The molecule has 0 heterocycles. The minimum absolute atomic E-state index is 0.722. The fourth-order valence-electron chi connectivity index (χ4n) is 7.53. The Morgan fingerprint density at radius 2 is 1.09 bits per heavy atom. The van der Waals surface area contributed by atoms with Gasteiger partial charge in [-0.25, -0.2) is 0 Å². The quantitative estimate of drug-likeness (QED) is 0.455. The molecule has 0 saturated heterocycles. The molecule has 0 spiro atoms. The molecule has 3 aliphatic carbocycles. The van der Waals surface area contributed by atoms with E-state index < -0.39 is 0 Å². The second-order valence-electron chi connectivity index (χ2n) is 12.1. The van der Waals surface area contributed by atoms with Crippen LogP contribution in [0.4, 0.5) is 0 Å². The van der Waals surface area contributed by atoms with Gasteiger partial charge in [-0.2, -0.15) is 0 Å². The molecule has 0 radical (unpaired) electrons. The van der Waals surface area contributed by atoms with Gasteiger partial charge in [0.25, 0.3) is 0 Å². The van der Waals surface area contributed by atoms with Crippen molar-refractivity contribution in [2.24, 2.45) is 29.4 Å². The second-order valence-corrected chi connectivity index (χ2v) is 12.1. The highest BCUT2D eigenvalue weighted by atomic mass is 15.0. The molecule has 5 unspecified atom stereocenters. The van der Waals surface area contributed by atoms with Gasteiger partial charge in [-0.1, -0.05) is 116 Å². The number of nitrogens with two attached hydrogens (primary N) is 1. The van der Waals surface area contributed by atoms with Crippen LogP contribution in [0.1, 0.15) is 148 Å². The van der Waals surface area contributed by atoms with E-state index in [9.17, 15) is 0 Å². The Kier molecular flexibility index (Phi) is 13.1. The van der Waals surface area contributed by atoms with Crippen LogP contribution >= 0.6 is 0 Å². The zero-order valence-corrected chi connectivity index (χ0v) is 21.8. The maximum Gasteiger partial charge on any atom is 0.00952 e. The molecule has 5 atom stereocenters. The molecule has 0 aromatic carbocycles. The summed E-state index contributed by atoms with van der Waals surface area (Å²) in [6, 6.07) is 1.46. The lowest BCUT2D eigenvalue weighted by Gasteiger charge is -2.42. The summed E-state index contributed by atoms with van der Waals surface area (Å²) < 4.78 is 0. The van der Waals surface area contributed by atoms with E-state index in [1.807, 2.05) is 0 Å². The molecule has 188 valence electrons. The summed E-state index contributed by atoms with van der Waals surface area (Å²) in [6.07, 6.45) is 32.0. The highest BCUT2D eigenvalue weighted by molar-refractivity contribution is 4.90. The van der Waals surface area contributed by atoms with Gasteiger partial charge in [-0.05, 0) is 62.3 Å². The maximum absolute atomic E-state index is 6.45. The van der Waals surface area contributed by atoms with Crippen molar-refractivity contribution in [3.8, 4) is 0 Å².